The summed E-state index contributed by atoms with van der Waals surface area (Å²) >= 11 is 0. The first-order valence-corrected chi connectivity index (χ1v) is 9.77. The Hall–Kier alpha value is -1.88. The molecule has 0 atom stereocenters. The number of amides is 1. The fourth-order valence-corrected chi connectivity index (χ4v) is 2.69. The summed E-state index contributed by atoms with van der Waals surface area (Å²) in [7, 11) is 5.29. The molecule has 0 unspecified atom stereocenters. The van der Waals surface area contributed by atoms with Gasteiger partial charge in [-0.2, -0.15) is 17.7 Å². The van der Waals surface area contributed by atoms with Crippen LogP contribution in [0.4, 0.5) is 14.5 Å². The molecule has 2 rings (SSSR count). The molecule has 0 radical (unpaired) electrons. The fraction of sp³-hybridized carbons (Fsp3) is 0.250. The Morgan fingerprint density at radius 3 is 2.52 bits per heavy atom. The number of rotatable bonds is 10. The van der Waals surface area contributed by atoms with Crippen LogP contribution in [0.3, 0.4) is 0 Å². The van der Waals surface area contributed by atoms with E-state index in [1.165, 1.54) is 17.1 Å². The van der Waals surface area contributed by atoms with Gasteiger partial charge in [-0.15, -0.1) is 0 Å². The summed E-state index contributed by atoms with van der Waals surface area (Å²) < 4.78 is 33.8. The molecule has 0 saturated heterocycles. The van der Waals surface area contributed by atoms with Crippen molar-refractivity contribution in [1.82, 2.24) is 9.80 Å². The van der Waals surface area contributed by atoms with E-state index in [0.717, 1.165) is 17.7 Å². The summed E-state index contributed by atoms with van der Waals surface area (Å²) in [5.41, 5.74) is 7.00. The monoisotopic (exact) mass is 479 g/mol. The zero-order valence-corrected chi connectivity index (χ0v) is 22.5. The van der Waals surface area contributed by atoms with E-state index in [1.807, 2.05) is 19.0 Å². The third-order valence-corrected chi connectivity index (χ3v) is 4.41. The maximum atomic E-state index is 14.3. The van der Waals surface area contributed by atoms with Crippen LogP contribution in [0.15, 0.2) is 54.1 Å². The Balaban J connectivity index is 0.00000544. The summed E-state index contributed by atoms with van der Waals surface area (Å²) in [5, 5.41) is 0. The van der Waals surface area contributed by atoms with Gasteiger partial charge in [-0.1, -0.05) is 12.9 Å². The summed E-state index contributed by atoms with van der Waals surface area (Å²) in [6.07, 6.45) is 4.90. The second-order valence-corrected chi connectivity index (χ2v) is 7.30. The first-order chi connectivity index (χ1) is 15.2. The van der Waals surface area contributed by atoms with E-state index in [9.17, 15) is 13.6 Å². The third kappa shape index (κ3) is 9.48. The van der Waals surface area contributed by atoms with Gasteiger partial charge in [-0.25, -0.2) is 20.5 Å². The van der Waals surface area contributed by atoms with Crippen molar-refractivity contribution in [1.29, 1.82) is 0 Å². The molecule has 0 aromatic heterocycles. The van der Waals surface area contributed by atoms with Crippen LogP contribution >= 0.6 is 0 Å². The van der Waals surface area contributed by atoms with Crippen LogP contribution in [0.25, 0.3) is 5.57 Å². The van der Waals surface area contributed by atoms with E-state index in [1.54, 1.807) is 25.2 Å². The quantitative estimate of drug-likeness (QED) is 0.102. The number of allylic oxidation sites excluding steroid dienone is 2. The maximum Gasteiger partial charge on any atom is 1.00 e. The van der Waals surface area contributed by atoms with Crippen LogP contribution < -0.4 is 61.9 Å². The first-order valence-electron chi connectivity index (χ1n) is 9.77. The number of ether oxygens (including phenoxy) is 1. The standard InChI is InChI=1S/C24H26F2N4O2.K/c1-17(19-13-21(25)24(22(26)14-19)32-11-10-29(2)3)8-9-23(31)30(4)15-18-6-5-7-20(12-18)28-16-27;/h5-6,8-9,12-14H,1,10-11,15H2,2-4H3,(H2,27,28);/q-2;+1/b9-8-;. The minimum atomic E-state index is -0.828. The van der Waals surface area contributed by atoms with E-state index in [2.05, 4.69) is 24.0 Å². The molecule has 0 aliphatic rings. The number of aliphatic imine (C=N–C) groups is 1. The zero-order valence-electron chi connectivity index (χ0n) is 19.4. The molecule has 0 saturated carbocycles. The van der Waals surface area contributed by atoms with Crippen LogP contribution in [-0.4, -0.2) is 56.3 Å². The van der Waals surface area contributed by atoms with Crippen molar-refractivity contribution in [3.8, 4) is 5.75 Å². The predicted molar refractivity (Wildman–Crippen MR) is 122 cm³/mol. The largest absolute Gasteiger partial charge is 1.00 e. The van der Waals surface area contributed by atoms with E-state index in [4.69, 9.17) is 10.5 Å². The van der Waals surface area contributed by atoms with Crippen molar-refractivity contribution in [2.75, 3.05) is 34.3 Å². The first kappa shape index (κ1) is 29.1. The predicted octanol–water partition coefficient (Wildman–Crippen LogP) is 0.433. The molecule has 1 amide bonds. The second-order valence-electron chi connectivity index (χ2n) is 7.30. The van der Waals surface area contributed by atoms with Gasteiger partial charge in [0.2, 0.25) is 5.91 Å². The number of halogens is 2. The molecule has 2 aromatic carbocycles. The van der Waals surface area contributed by atoms with Gasteiger partial charge in [-0.05, 0) is 43.4 Å². The van der Waals surface area contributed by atoms with Crippen LogP contribution in [0.2, 0.25) is 0 Å². The Kier molecular flexibility index (Phi) is 12.7. The van der Waals surface area contributed by atoms with Gasteiger partial charge in [0.15, 0.2) is 17.4 Å². The van der Waals surface area contributed by atoms with Crippen molar-refractivity contribution in [2.24, 2.45) is 10.7 Å². The Bertz CT molecular complexity index is 1000. The summed E-state index contributed by atoms with van der Waals surface area (Å²) in [5.74, 6) is -2.39. The van der Waals surface area contributed by atoms with Crippen LogP contribution in [-0.2, 0) is 11.3 Å². The van der Waals surface area contributed by atoms with Crippen molar-refractivity contribution in [2.45, 2.75) is 6.54 Å². The number of carbonyl (C=O) groups excluding carboxylic acids is 1. The molecule has 0 heterocycles. The molecule has 0 aliphatic carbocycles. The van der Waals surface area contributed by atoms with Gasteiger partial charge >= 0.3 is 51.4 Å². The minimum absolute atomic E-state index is 0. The van der Waals surface area contributed by atoms with Crippen LogP contribution in [0.5, 0.6) is 5.75 Å². The number of likely N-dealkylation sites (N-methyl/N-ethyl adjacent to an activating group) is 2. The zero-order chi connectivity index (χ0) is 23.7. The van der Waals surface area contributed by atoms with Crippen molar-refractivity contribution >= 4 is 23.5 Å². The average Bonchev–Trinajstić information content (AvgIpc) is 2.73. The van der Waals surface area contributed by atoms with E-state index in [-0.39, 0.29) is 75.0 Å². The maximum absolute atomic E-state index is 14.3. The number of carbonyl (C=O) groups is 1. The van der Waals surface area contributed by atoms with Gasteiger partial charge in [0.05, 0.1) is 0 Å². The van der Waals surface area contributed by atoms with Crippen molar-refractivity contribution in [3.05, 3.63) is 77.9 Å². The normalized spacial score (nSPS) is 11.1. The van der Waals surface area contributed by atoms with E-state index < -0.39 is 17.4 Å². The Morgan fingerprint density at radius 2 is 1.91 bits per heavy atom. The smallest absolute Gasteiger partial charge is 0.486 e. The molecule has 2 aromatic rings. The Labute approximate surface area is 236 Å². The molecule has 2 N–H and O–H groups in total. The summed E-state index contributed by atoms with van der Waals surface area (Å²) in [6, 6.07) is 10.4. The van der Waals surface area contributed by atoms with Gasteiger partial charge in [0.25, 0.3) is 0 Å². The number of hydrogen-bond acceptors (Lipinski definition) is 4. The van der Waals surface area contributed by atoms with Crippen molar-refractivity contribution in [3.63, 3.8) is 0 Å². The van der Waals surface area contributed by atoms with Crippen molar-refractivity contribution < 1.29 is 69.7 Å². The number of nitrogens with two attached hydrogens (primary N) is 1. The van der Waals surface area contributed by atoms with Gasteiger partial charge < -0.3 is 25.3 Å². The molecule has 9 heteroatoms. The molecule has 0 fully saturated rings. The van der Waals surface area contributed by atoms with Gasteiger partial charge in [0.1, 0.15) is 6.61 Å². The SMILES string of the molecule is C=C(/C=C\C(=O)N(C)Cc1cc[c-]c(N=[C-]N)c1)c1cc(F)c(OCCN(C)C)c(F)c1.[K+]. The van der Waals surface area contributed by atoms with Gasteiger partial charge in [0, 0.05) is 26.2 Å². The fourth-order valence-electron chi connectivity index (χ4n) is 2.69. The molecule has 0 aliphatic heterocycles. The van der Waals surface area contributed by atoms with Crippen LogP contribution in [0, 0.1) is 17.7 Å². The second kappa shape index (κ2) is 14.4. The molecular weight excluding hydrogens is 453 g/mol. The molecule has 0 bridgehead atoms. The molecular formula is C24H26F2KN4O2-. The Morgan fingerprint density at radius 1 is 1.24 bits per heavy atom. The topological polar surface area (TPSA) is 71.2 Å². The summed E-state index contributed by atoms with van der Waals surface area (Å²) in [4.78, 5) is 19.6. The molecule has 33 heavy (non-hydrogen) atoms. The van der Waals surface area contributed by atoms with E-state index in [0.29, 0.717) is 18.8 Å². The molecule has 170 valence electrons. The number of hydrogen-bond donors (Lipinski definition) is 1. The number of nitrogens with zero attached hydrogens (tertiary/aromatic N) is 3. The number of benzene rings is 2. The molecule has 6 nitrogen and oxygen atoms in total. The average molecular weight is 480 g/mol. The van der Waals surface area contributed by atoms with E-state index >= 15 is 0 Å². The third-order valence-electron chi connectivity index (χ3n) is 4.41. The molecule has 0 spiro atoms. The van der Waals surface area contributed by atoms with Crippen LogP contribution in [0.1, 0.15) is 11.1 Å². The summed E-state index contributed by atoms with van der Waals surface area (Å²) in [6.45, 7) is 4.79. The van der Waals surface area contributed by atoms with Gasteiger partial charge in [-0.3, -0.25) is 10.9 Å². The minimum Gasteiger partial charge on any atom is -0.486 e.